The Kier molecular flexibility index (Phi) is 4.36. The lowest BCUT2D eigenvalue weighted by atomic mass is 10.2. The lowest BCUT2D eigenvalue weighted by Gasteiger charge is -2.09. The number of hydrogen-bond donors (Lipinski definition) is 2. The van der Waals surface area contributed by atoms with Crippen molar-refractivity contribution in [1.82, 2.24) is 5.32 Å². The van der Waals surface area contributed by atoms with Crippen molar-refractivity contribution in [2.24, 2.45) is 0 Å². The summed E-state index contributed by atoms with van der Waals surface area (Å²) in [5.41, 5.74) is 1.02. The van der Waals surface area contributed by atoms with Crippen LogP contribution in [0.5, 0.6) is 0 Å². The first-order chi connectivity index (χ1) is 9.16. The van der Waals surface area contributed by atoms with E-state index in [1.807, 2.05) is 30.3 Å². The van der Waals surface area contributed by atoms with Crippen molar-refractivity contribution in [3.63, 3.8) is 0 Å². The third-order valence-corrected chi connectivity index (χ3v) is 2.79. The van der Waals surface area contributed by atoms with Gasteiger partial charge in [0.1, 0.15) is 0 Å². The summed E-state index contributed by atoms with van der Waals surface area (Å²) in [4.78, 5) is 11.6. The molecule has 98 valence electrons. The quantitative estimate of drug-likeness (QED) is 0.881. The number of carbonyl (C=O) groups is 1. The molecule has 0 spiro atoms. The van der Waals surface area contributed by atoms with Gasteiger partial charge in [-0.3, -0.25) is 0 Å². The summed E-state index contributed by atoms with van der Waals surface area (Å²) >= 11 is 5.62. The van der Waals surface area contributed by atoms with Crippen LogP contribution in [0, 0.1) is 5.82 Å². The number of amides is 2. The van der Waals surface area contributed by atoms with E-state index < -0.39 is 11.8 Å². The van der Waals surface area contributed by atoms with Crippen LogP contribution in [-0.4, -0.2) is 6.03 Å². The van der Waals surface area contributed by atoms with Crippen LogP contribution in [0.1, 0.15) is 5.56 Å². The van der Waals surface area contributed by atoms with E-state index in [0.717, 1.165) is 5.56 Å². The van der Waals surface area contributed by atoms with Crippen LogP contribution in [0.4, 0.5) is 14.9 Å². The van der Waals surface area contributed by atoms with Gasteiger partial charge >= 0.3 is 6.03 Å². The highest BCUT2D eigenvalue weighted by Gasteiger charge is 2.08. The van der Waals surface area contributed by atoms with Gasteiger partial charge in [-0.05, 0) is 17.7 Å². The van der Waals surface area contributed by atoms with Crippen LogP contribution in [0.25, 0.3) is 0 Å². The second kappa shape index (κ2) is 6.20. The highest BCUT2D eigenvalue weighted by Crippen LogP contribution is 2.21. The fourth-order valence-electron chi connectivity index (χ4n) is 1.55. The molecule has 0 unspecified atom stereocenters. The Labute approximate surface area is 115 Å². The van der Waals surface area contributed by atoms with Crippen LogP contribution in [0.2, 0.25) is 5.02 Å². The first-order valence-corrected chi connectivity index (χ1v) is 6.07. The Hall–Kier alpha value is -2.07. The predicted octanol–water partition coefficient (Wildman–Crippen LogP) is 3.80. The molecule has 2 aromatic rings. The average molecular weight is 279 g/mol. The first kappa shape index (κ1) is 13.4. The molecule has 0 heterocycles. The third kappa shape index (κ3) is 3.69. The van der Waals surface area contributed by atoms with Crippen molar-refractivity contribution >= 4 is 23.3 Å². The van der Waals surface area contributed by atoms with Crippen LogP contribution >= 0.6 is 11.6 Å². The summed E-state index contributed by atoms with van der Waals surface area (Å²) in [6, 6.07) is 13.4. The first-order valence-electron chi connectivity index (χ1n) is 5.69. The van der Waals surface area contributed by atoms with Gasteiger partial charge in [-0.25, -0.2) is 9.18 Å². The van der Waals surface area contributed by atoms with Crippen molar-refractivity contribution < 1.29 is 9.18 Å². The number of rotatable bonds is 3. The highest BCUT2D eigenvalue weighted by atomic mass is 35.5. The molecule has 5 heteroatoms. The van der Waals surface area contributed by atoms with Crippen molar-refractivity contribution in [1.29, 1.82) is 0 Å². The van der Waals surface area contributed by atoms with Crippen molar-refractivity contribution in [3.8, 4) is 0 Å². The minimum Gasteiger partial charge on any atom is -0.334 e. The summed E-state index contributed by atoms with van der Waals surface area (Å²) in [7, 11) is 0. The summed E-state index contributed by atoms with van der Waals surface area (Å²) in [6.07, 6.45) is 0. The number of halogens is 2. The maximum absolute atomic E-state index is 13.6. The zero-order valence-electron chi connectivity index (χ0n) is 9.99. The van der Waals surface area contributed by atoms with E-state index in [1.165, 1.54) is 12.1 Å². The van der Waals surface area contributed by atoms with E-state index in [2.05, 4.69) is 10.6 Å². The standard InChI is InChI=1S/C14H12ClFN2O/c15-11-7-4-8-12(13(11)16)18-14(19)17-9-10-5-2-1-3-6-10/h1-8H,9H2,(H2,17,18,19). The molecule has 3 nitrogen and oxygen atoms in total. The molecule has 19 heavy (non-hydrogen) atoms. The summed E-state index contributed by atoms with van der Waals surface area (Å²) in [5, 5.41) is 5.02. The second-order valence-corrected chi connectivity index (χ2v) is 4.30. The molecule has 0 atom stereocenters. The van der Waals surface area contributed by atoms with Crippen LogP contribution < -0.4 is 10.6 Å². The molecule has 0 aliphatic heterocycles. The van der Waals surface area contributed by atoms with E-state index in [0.29, 0.717) is 6.54 Å². The van der Waals surface area contributed by atoms with Crippen LogP contribution in [0.3, 0.4) is 0 Å². The number of hydrogen-bond acceptors (Lipinski definition) is 1. The maximum atomic E-state index is 13.6. The van der Waals surface area contributed by atoms with E-state index in [1.54, 1.807) is 6.07 Å². The fraction of sp³-hybridized carbons (Fsp3) is 0.0714. The highest BCUT2D eigenvalue weighted by molar-refractivity contribution is 6.31. The van der Waals surface area contributed by atoms with Gasteiger partial charge in [-0.15, -0.1) is 0 Å². The monoisotopic (exact) mass is 278 g/mol. The summed E-state index contributed by atoms with van der Waals surface area (Å²) < 4.78 is 13.6. The smallest absolute Gasteiger partial charge is 0.319 e. The SMILES string of the molecule is O=C(NCc1ccccc1)Nc1cccc(Cl)c1F. The van der Waals surface area contributed by atoms with Crippen LogP contribution in [-0.2, 0) is 6.54 Å². The van der Waals surface area contributed by atoms with E-state index in [9.17, 15) is 9.18 Å². The summed E-state index contributed by atoms with van der Waals surface area (Å²) in [5.74, 6) is -0.640. The largest absolute Gasteiger partial charge is 0.334 e. The van der Waals surface area contributed by atoms with Gasteiger partial charge < -0.3 is 10.6 Å². The molecule has 2 N–H and O–H groups in total. The molecular weight excluding hydrogens is 267 g/mol. The number of nitrogens with one attached hydrogen (secondary N) is 2. The van der Waals surface area contributed by atoms with Gasteiger partial charge in [-0.2, -0.15) is 0 Å². The van der Waals surface area contributed by atoms with Gasteiger partial charge in [0.25, 0.3) is 0 Å². The molecule has 2 rings (SSSR count). The molecule has 2 aromatic carbocycles. The minimum atomic E-state index is -0.640. The van der Waals surface area contributed by atoms with Crippen LogP contribution in [0.15, 0.2) is 48.5 Å². The van der Waals surface area contributed by atoms with Crippen molar-refractivity contribution in [2.45, 2.75) is 6.54 Å². The average Bonchev–Trinajstić information content (AvgIpc) is 2.43. The zero-order chi connectivity index (χ0) is 13.7. The number of benzene rings is 2. The number of carbonyl (C=O) groups excluding carboxylic acids is 1. The van der Waals surface area contributed by atoms with Crippen molar-refractivity contribution in [2.75, 3.05) is 5.32 Å². The molecule has 0 fully saturated rings. The zero-order valence-corrected chi connectivity index (χ0v) is 10.7. The predicted molar refractivity (Wildman–Crippen MR) is 73.7 cm³/mol. The maximum Gasteiger partial charge on any atom is 0.319 e. The molecule has 0 saturated heterocycles. The Balaban J connectivity index is 1.93. The molecule has 0 aromatic heterocycles. The second-order valence-electron chi connectivity index (χ2n) is 3.89. The van der Waals surface area contributed by atoms with E-state index >= 15 is 0 Å². The van der Waals surface area contributed by atoms with Gasteiger partial charge in [0, 0.05) is 6.54 Å². The molecule has 0 bridgehead atoms. The normalized spacial score (nSPS) is 10.0. The molecule has 0 aliphatic carbocycles. The third-order valence-electron chi connectivity index (χ3n) is 2.50. The van der Waals surface area contributed by atoms with Gasteiger partial charge in [-0.1, -0.05) is 48.0 Å². The van der Waals surface area contributed by atoms with Gasteiger partial charge in [0.05, 0.1) is 10.7 Å². The summed E-state index contributed by atoms with van der Waals surface area (Å²) in [6.45, 7) is 0.370. The van der Waals surface area contributed by atoms with Crippen molar-refractivity contribution in [3.05, 3.63) is 64.9 Å². The Morgan fingerprint density at radius 1 is 1.11 bits per heavy atom. The molecule has 0 radical (unpaired) electrons. The molecule has 0 saturated carbocycles. The lowest BCUT2D eigenvalue weighted by molar-refractivity contribution is 0.251. The molecular formula is C14H12ClFN2O. The lowest BCUT2D eigenvalue weighted by Crippen LogP contribution is -2.28. The van der Waals surface area contributed by atoms with E-state index in [4.69, 9.17) is 11.6 Å². The van der Waals surface area contributed by atoms with Gasteiger partial charge in [0.2, 0.25) is 0 Å². The van der Waals surface area contributed by atoms with E-state index in [-0.39, 0.29) is 10.7 Å². The Morgan fingerprint density at radius 2 is 1.84 bits per heavy atom. The fourth-order valence-corrected chi connectivity index (χ4v) is 1.72. The molecule has 2 amide bonds. The number of urea groups is 1. The number of anilines is 1. The Bertz CT molecular complexity index is 575. The topological polar surface area (TPSA) is 41.1 Å². The minimum absolute atomic E-state index is 0.0270. The Morgan fingerprint density at radius 3 is 2.58 bits per heavy atom. The van der Waals surface area contributed by atoms with Gasteiger partial charge in [0.15, 0.2) is 5.82 Å². The molecule has 0 aliphatic rings.